The maximum absolute atomic E-state index is 12.4. The van der Waals surface area contributed by atoms with Crippen LogP contribution in [0, 0.1) is 0 Å². The smallest absolute Gasteiger partial charge is 0.236 e. The number of hydrogen-bond donors (Lipinski definition) is 0. The number of fused-ring (bicyclic) bond motifs is 1. The van der Waals surface area contributed by atoms with Gasteiger partial charge < -0.3 is 9.80 Å². The molecule has 0 N–H and O–H groups in total. The number of anilines is 1. The number of likely N-dealkylation sites (N-methyl/N-ethyl adjacent to an activating group) is 1. The van der Waals surface area contributed by atoms with Gasteiger partial charge in [-0.2, -0.15) is 0 Å². The summed E-state index contributed by atoms with van der Waals surface area (Å²) in [4.78, 5) is 29.1. The number of hydrogen-bond acceptors (Lipinski definition) is 6. The van der Waals surface area contributed by atoms with Gasteiger partial charge in [0.25, 0.3) is 0 Å². The van der Waals surface area contributed by atoms with Crippen LogP contribution < -0.4 is 4.90 Å². The van der Waals surface area contributed by atoms with E-state index in [2.05, 4.69) is 49.4 Å². The van der Waals surface area contributed by atoms with Crippen molar-refractivity contribution in [2.24, 2.45) is 0 Å². The van der Waals surface area contributed by atoms with Crippen molar-refractivity contribution < 1.29 is 4.79 Å². The van der Waals surface area contributed by atoms with Crippen LogP contribution in [0.15, 0.2) is 42.0 Å². The van der Waals surface area contributed by atoms with E-state index in [1.54, 1.807) is 17.7 Å². The Labute approximate surface area is 175 Å². The molecule has 3 aromatic rings. The van der Waals surface area contributed by atoms with Crippen LogP contribution >= 0.6 is 11.3 Å². The van der Waals surface area contributed by atoms with E-state index in [9.17, 15) is 4.79 Å². The molecule has 1 fully saturated rings. The minimum absolute atomic E-state index is 0.220. The highest BCUT2D eigenvalue weighted by Gasteiger charge is 2.24. The Morgan fingerprint density at radius 2 is 1.79 bits per heavy atom. The molecule has 0 saturated carbocycles. The Kier molecular flexibility index (Phi) is 6.06. The largest absolute Gasteiger partial charge is 0.353 e. The maximum Gasteiger partial charge on any atom is 0.236 e. The molecule has 29 heavy (non-hydrogen) atoms. The zero-order valence-electron chi connectivity index (χ0n) is 17.0. The maximum atomic E-state index is 12.4. The minimum Gasteiger partial charge on any atom is -0.353 e. The summed E-state index contributed by atoms with van der Waals surface area (Å²) in [5.41, 5.74) is 2.39. The Hall–Kier alpha value is -2.51. The van der Waals surface area contributed by atoms with Gasteiger partial charge >= 0.3 is 0 Å². The van der Waals surface area contributed by atoms with Crippen LogP contribution in [-0.2, 0) is 4.79 Å². The highest BCUT2D eigenvalue weighted by Crippen LogP contribution is 2.37. The third-order valence-corrected chi connectivity index (χ3v) is 6.47. The molecule has 0 aliphatic carbocycles. The summed E-state index contributed by atoms with van der Waals surface area (Å²) in [7, 11) is 0. The summed E-state index contributed by atoms with van der Waals surface area (Å²) in [5, 5.41) is 3.31. The number of benzene rings is 1. The van der Waals surface area contributed by atoms with Crippen LogP contribution in [0.25, 0.3) is 21.3 Å². The second-order valence-electron chi connectivity index (χ2n) is 7.22. The number of aromatic nitrogens is 2. The van der Waals surface area contributed by atoms with Crippen molar-refractivity contribution in [3.8, 4) is 11.1 Å². The second-order valence-corrected chi connectivity index (χ2v) is 8.08. The lowest BCUT2D eigenvalue weighted by atomic mass is 10.1. The highest BCUT2D eigenvalue weighted by molar-refractivity contribution is 7.17. The summed E-state index contributed by atoms with van der Waals surface area (Å²) in [6.07, 6.45) is 1.67. The van der Waals surface area contributed by atoms with Crippen molar-refractivity contribution in [2.45, 2.75) is 13.8 Å². The minimum atomic E-state index is 0.220. The van der Waals surface area contributed by atoms with Crippen molar-refractivity contribution in [3.05, 3.63) is 42.0 Å². The number of carbonyl (C=O) groups is 1. The lowest BCUT2D eigenvalue weighted by molar-refractivity contribution is -0.132. The van der Waals surface area contributed by atoms with Crippen molar-refractivity contribution in [1.29, 1.82) is 0 Å². The van der Waals surface area contributed by atoms with Crippen LogP contribution in [0.5, 0.6) is 0 Å². The molecule has 0 unspecified atom stereocenters. The zero-order valence-corrected chi connectivity index (χ0v) is 17.9. The van der Waals surface area contributed by atoms with Gasteiger partial charge in [-0.05, 0) is 19.4 Å². The lowest BCUT2D eigenvalue weighted by Gasteiger charge is -2.36. The summed E-state index contributed by atoms with van der Waals surface area (Å²) in [5.74, 6) is 1.22. The summed E-state index contributed by atoms with van der Waals surface area (Å²) >= 11 is 1.67. The van der Waals surface area contributed by atoms with E-state index >= 15 is 0 Å². The van der Waals surface area contributed by atoms with Crippen molar-refractivity contribution in [2.75, 3.05) is 50.7 Å². The van der Waals surface area contributed by atoms with Gasteiger partial charge in [-0.3, -0.25) is 9.69 Å². The number of amides is 1. The Morgan fingerprint density at radius 1 is 1.07 bits per heavy atom. The third kappa shape index (κ3) is 4.11. The van der Waals surface area contributed by atoms with Crippen LogP contribution in [0.2, 0.25) is 0 Å². The summed E-state index contributed by atoms with van der Waals surface area (Å²) in [6.45, 7) is 9.57. The van der Waals surface area contributed by atoms with E-state index < -0.39 is 0 Å². The van der Waals surface area contributed by atoms with Gasteiger partial charge in [0.2, 0.25) is 5.91 Å². The molecule has 0 bridgehead atoms. The summed E-state index contributed by atoms with van der Waals surface area (Å²) in [6, 6.07) is 10.4. The zero-order chi connectivity index (χ0) is 20.2. The van der Waals surface area contributed by atoms with Gasteiger partial charge in [0.1, 0.15) is 17.0 Å². The molecule has 1 aromatic carbocycles. The first kappa shape index (κ1) is 19.8. The Morgan fingerprint density at radius 3 is 2.48 bits per heavy atom. The predicted molar refractivity (Wildman–Crippen MR) is 119 cm³/mol. The number of rotatable bonds is 6. The quantitative estimate of drug-likeness (QED) is 0.625. The first-order valence-electron chi connectivity index (χ1n) is 10.2. The van der Waals surface area contributed by atoms with Gasteiger partial charge in [0.15, 0.2) is 0 Å². The van der Waals surface area contributed by atoms with Gasteiger partial charge in [0, 0.05) is 50.2 Å². The number of nitrogens with zero attached hydrogens (tertiary/aromatic N) is 5. The SMILES string of the molecule is CCN(CC)C(=O)CN1CCN(c2ncnc3scc(-c4ccccc4)c23)CC1. The van der Waals surface area contributed by atoms with Crippen molar-refractivity contribution in [3.63, 3.8) is 0 Å². The second kappa shape index (κ2) is 8.88. The predicted octanol–water partition coefficient (Wildman–Crippen LogP) is 3.35. The van der Waals surface area contributed by atoms with Crippen LogP contribution in [0.1, 0.15) is 13.8 Å². The normalized spacial score (nSPS) is 15.0. The van der Waals surface area contributed by atoms with E-state index in [-0.39, 0.29) is 5.91 Å². The van der Waals surface area contributed by atoms with Gasteiger partial charge in [-0.15, -0.1) is 11.3 Å². The van der Waals surface area contributed by atoms with Gasteiger partial charge in [-0.1, -0.05) is 30.3 Å². The molecule has 0 spiro atoms. The van der Waals surface area contributed by atoms with E-state index in [1.165, 1.54) is 11.1 Å². The van der Waals surface area contributed by atoms with E-state index in [1.807, 2.05) is 24.8 Å². The fourth-order valence-electron chi connectivity index (χ4n) is 3.91. The molecule has 4 rings (SSSR count). The molecule has 152 valence electrons. The first-order chi connectivity index (χ1) is 14.2. The monoisotopic (exact) mass is 409 g/mol. The molecular weight excluding hydrogens is 382 g/mol. The third-order valence-electron chi connectivity index (χ3n) is 5.58. The van der Waals surface area contributed by atoms with Crippen LogP contribution in [0.4, 0.5) is 5.82 Å². The number of piperazine rings is 1. The molecule has 6 nitrogen and oxygen atoms in total. The molecule has 0 atom stereocenters. The first-order valence-corrected chi connectivity index (χ1v) is 11.1. The van der Waals surface area contributed by atoms with Crippen LogP contribution in [-0.4, -0.2) is 71.5 Å². The van der Waals surface area contributed by atoms with Crippen LogP contribution in [0.3, 0.4) is 0 Å². The molecule has 0 radical (unpaired) electrons. The van der Waals surface area contributed by atoms with E-state index in [4.69, 9.17) is 0 Å². The summed E-state index contributed by atoms with van der Waals surface area (Å²) < 4.78 is 0. The van der Waals surface area contributed by atoms with Crippen molar-refractivity contribution >= 4 is 33.3 Å². The molecule has 3 heterocycles. The average molecular weight is 410 g/mol. The van der Waals surface area contributed by atoms with E-state index in [0.717, 1.165) is 55.3 Å². The fourth-order valence-corrected chi connectivity index (χ4v) is 4.83. The molecule has 1 aliphatic heterocycles. The number of carbonyl (C=O) groups excluding carboxylic acids is 1. The molecule has 1 amide bonds. The molecule has 7 heteroatoms. The highest BCUT2D eigenvalue weighted by atomic mass is 32.1. The van der Waals surface area contributed by atoms with E-state index in [0.29, 0.717) is 6.54 Å². The Bertz CT molecular complexity index is 962. The Balaban J connectivity index is 1.52. The fraction of sp³-hybridized carbons (Fsp3) is 0.409. The average Bonchev–Trinajstić information content (AvgIpc) is 3.20. The van der Waals surface area contributed by atoms with Crippen molar-refractivity contribution in [1.82, 2.24) is 19.8 Å². The molecular formula is C22H27N5OS. The molecule has 1 aliphatic rings. The molecule has 2 aromatic heterocycles. The molecule has 1 saturated heterocycles. The van der Waals surface area contributed by atoms with Gasteiger partial charge in [0.05, 0.1) is 11.9 Å². The standard InChI is InChI=1S/C22H27N5OS/c1-3-26(4-2)19(28)14-25-10-12-27(13-11-25)21-20-18(17-8-6-5-7-9-17)15-29-22(20)24-16-23-21/h5-9,15-16H,3-4,10-14H2,1-2H3. The number of thiophene rings is 1. The van der Waals surface area contributed by atoms with Gasteiger partial charge in [-0.25, -0.2) is 9.97 Å². The lowest BCUT2D eigenvalue weighted by Crippen LogP contribution is -2.50. The topological polar surface area (TPSA) is 52.6 Å².